The van der Waals surface area contributed by atoms with Crippen LogP contribution in [0.25, 0.3) is 22.4 Å². The zero-order valence-electron chi connectivity index (χ0n) is 13.7. The molecule has 124 valence electrons. The number of aromatic nitrogens is 4. The summed E-state index contributed by atoms with van der Waals surface area (Å²) in [6.07, 6.45) is 4.59. The molecular weight excluding hydrogens is 324 g/mol. The Hall–Kier alpha value is -2.41. The predicted octanol–water partition coefficient (Wildman–Crippen LogP) is 3.70. The second kappa shape index (κ2) is 7.00. The lowest BCUT2D eigenvalue weighted by molar-refractivity contribution is 0.0601. The molecule has 2 heterocycles. The Morgan fingerprint density at radius 3 is 2.75 bits per heavy atom. The fourth-order valence-electron chi connectivity index (χ4n) is 2.15. The van der Waals surface area contributed by atoms with Crippen LogP contribution in [0.4, 0.5) is 0 Å². The Morgan fingerprint density at radius 1 is 1.33 bits per heavy atom. The Morgan fingerprint density at radius 2 is 2.08 bits per heavy atom. The van der Waals surface area contributed by atoms with Gasteiger partial charge in [-0.3, -0.25) is 0 Å². The highest BCUT2D eigenvalue weighted by Crippen LogP contribution is 2.24. The number of carbonyl (C=O) groups is 1. The van der Waals surface area contributed by atoms with Crippen LogP contribution in [0.5, 0.6) is 0 Å². The van der Waals surface area contributed by atoms with Crippen molar-refractivity contribution >= 4 is 28.8 Å². The fraction of sp³-hybridized carbons (Fsp3) is 0.294. The molecule has 0 saturated heterocycles. The summed E-state index contributed by atoms with van der Waals surface area (Å²) in [6, 6.07) is 5.21. The molecule has 1 unspecified atom stereocenters. The van der Waals surface area contributed by atoms with Gasteiger partial charge in [-0.2, -0.15) is 0 Å². The first-order valence-electron chi connectivity index (χ1n) is 7.68. The Bertz CT molecular complexity index is 861. The number of nitrogens with one attached hydrogen (secondary N) is 1. The summed E-state index contributed by atoms with van der Waals surface area (Å²) in [5.74, 6) is 0.301. The van der Waals surface area contributed by atoms with Crippen molar-refractivity contribution in [2.45, 2.75) is 30.7 Å². The van der Waals surface area contributed by atoms with Crippen molar-refractivity contribution in [2.75, 3.05) is 7.11 Å². The van der Waals surface area contributed by atoms with E-state index in [0.29, 0.717) is 16.6 Å². The minimum atomic E-state index is -0.372. The van der Waals surface area contributed by atoms with Crippen LogP contribution in [-0.4, -0.2) is 38.3 Å². The van der Waals surface area contributed by atoms with Crippen molar-refractivity contribution in [3.8, 4) is 11.4 Å². The van der Waals surface area contributed by atoms with E-state index in [1.807, 2.05) is 0 Å². The molecule has 0 bridgehead atoms. The number of carbonyl (C=O) groups excluding carboxylic acids is 1. The first kappa shape index (κ1) is 16.4. The third kappa shape index (κ3) is 3.41. The SMILES string of the molecule is CCC(C)Sc1ncc(-c2nc3ccc(C(=O)OC)cc3[nH]2)cn1. The summed E-state index contributed by atoms with van der Waals surface area (Å²) in [5, 5.41) is 1.25. The number of ether oxygens (including phenoxy) is 1. The van der Waals surface area contributed by atoms with E-state index in [4.69, 9.17) is 4.74 Å². The number of thioether (sulfide) groups is 1. The average Bonchev–Trinajstić information content (AvgIpc) is 3.04. The molecule has 0 fully saturated rings. The number of rotatable bonds is 5. The minimum absolute atomic E-state index is 0.372. The summed E-state index contributed by atoms with van der Waals surface area (Å²) < 4.78 is 4.74. The standard InChI is InChI=1S/C17H18N4O2S/c1-4-10(2)24-17-18-8-12(9-19-17)15-20-13-6-5-11(16(22)23-3)7-14(13)21-15/h5-10H,4H2,1-3H3,(H,20,21). The first-order valence-corrected chi connectivity index (χ1v) is 8.55. The van der Waals surface area contributed by atoms with Crippen molar-refractivity contribution < 1.29 is 9.53 Å². The maximum absolute atomic E-state index is 11.6. The molecule has 0 amide bonds. The van der Waals surface area contributed by atoms with E-state index < -0.39 is 0 Å². The molecule has 3 aromatic rings. The van der Waals surface area contributed by atoms with Crippen molar-refractivity contribution in [2.24, 2.45) is 0 Å². The van der Waals surface area contributed by atoms with Crippen LogP contribution in [0.15, 0.2) is 35.7 Å². The number of esters is 1. The first-order chi connectivity index (χ1) is 11.6. The quantitative estimate of drug-likeness (QED) is 0.433. The second-order valence-corrected chi connectivity index (χ2v) is 6.81. The van der Waals surface area contributed by atoms with Gasteiger partial charge < -0.3 is 9.72 Å². The third-order valence-corrected chi connectivity index (χ3v) is 4.84. The summed E-state index contributed by atoms with van der Waals surface area (Å²) >= 11 is 1.66. The van der Waals surface area contributed by atoms with E-state index >= 15 is 0 Å². The highest BCUT2D eigenvalue weighted by molar-refractivity contribution is 7.99. The van der Waals surface area contributed by atoms with Gasteiger partial charge in [0.05, 0.1) is 29.3 Å². The molecule has 7 heteroatoms. The topological polar surface area (TPSA) is 80.8 Å². The molecular formula is C17H18N4O2S. The van der Waals surface area contributed by atoms with Crippen LogP contribution in [0.2, 0.25) is 0 Å². The molecule has 0 saturated carbocycles. The smallest absolute Gasteiger partial charge is 0.337 e. The van der Waals surface area contributed by atoms with Gasteiger partial charge in [0.1, 0.15) is 5.82 Å². The number of H-pyrrole nitrogens is 1. The van der Waals surface area contributed by atoms with Gasteiger partial charge in [-0.05, 0) is 24.6 Å². The van der Waals surface area contributed by atoms with Gasteiger partial charge in [-0.1, -0.05) is 25.6 Å². The van der Waals surface area contributed by atoms with Gasteiger partial charge in [0.25, 0.3) is 0 Å². The van der Waals surface area contributed by atoms with Gasteiger partial charge in [0, 0.05) is 17.6 Å². The van der Waals surface area contributed by atoms with Crippen molar-refractivity contribution in [3.63, 3.8) is 0 Å². The molecule has 0 aliphatic carbocycles. The zero-order valence-corrected chi connectivity index (χ0v) is 14.6. The van der Waals surface area contributed by atoms with E-state index in [9.17, 15) is 4.79 Å². The number of methoxy groups -OCH3 is 1. The molecule has 0 aliphatic heterocycles. The zero-order chi connectivity index (χ0) is 17.1. The molecule has 0 aliphatic rings. The van der Waals surface area contributed by atoms with E-state index in [2.05, 4.69) is 33.8 Å². The minimum Gasteiger partial charge on any atom is -0.465 e. The monoisotopic (exact) mass is 342 g/mol. The Balaban J connectivity index is 1.87. The highest BCUT2D eigenvalue weighted by atomic mass is 32.2. The van der Waals surface area contributed by atoms with Crippen molar-refractivity contribution in [1.82, 2.24) is 19.9 Å². The highest BCUT2D eigenvalue weighted by Gasteiger charge is 2.11. The molecule has 0 radical (unpaired) electrons. The van der Waals surface area contributed by atoms with Crippen molar-refractivity contribution in [1.29, 1.82) is 0 Å². The summed E-state index contributed by atoms with van der Waals surface area (Å²) in [7, 11) is 1.36. The van der Waals surface area contributed by atoms with Crippen LogP contribution < -0.4 is 0 Å². The molecule has 1 N–H and O–H groups in total. The predicted molar refractivity (Wildman–Crippen MR) is 94.1 cm³/mol. The van der Waals surface area contributed by atoms with Crippen molar-refractivity contribution in [3.05, 3.63) is 36.2 Å². The van der Waals surface area contributed by atoms with E-state index in [0.717, 1.165) is 28.2 Å². The van der Waals surface area contributed by atoms with E-state index in [1.54, 1.807) is 42.4 Å². The van der Waals surface area contributed by atoms with Crippen LogP contribution in [0, 0.1) is 0 Å². The lowest BCUT2D eigenvalue weighted by Crippen LogP contribution is -2.00. The number of imidazole rings is 1. The molecule has 1 aromatic carbocycles. The Kier molecular flexibility index (Phi) is 4.80. The third-order valence-electron chi connectivity index (χ3n) is 3.69. The lowest BCUT2D eigenvalue weighted by Gasteiger charge is -2.05. The van der Waals surface area contributed by atoms with Gasteiger partial charge in [-0.25, -0.2) is 19.7 Å². The molecule has 2 aromatic heterocycles. The fourth-order valence-corrected chi connectivity index (χ4v) is 2.91. The van der Waals surface area contributed by atoms with Crippen LogP contribution in [-0.2, 0) is 4.74 Å². The number of fused-ring (bicyclic) bond motifs is 1. The number of nitrogens with zero attached hydrogens (tertiary/aromatic N) is 3. The summed E-state index contributed by atoms with van der Waals surface area (Å²) in [6.45, 7) is 4.29. The average molecular weight is 342 g/mol. The largest absolute Gasteiger partial charge is 0.465 e. The normalized spacial score (nSPS) is 12.3. The maximum atomic E-state index is 11.6. The maximum Gasteiger partial charge on any atom is 0.337 e. The molecule has 6 nitrogen and oxygen atoms in total. The van der Waals surface area contributed by atoms with E-state index in [1.165, 1.54) is 7.11 Å². The molecule has 0 spiro atoms. The summed E-state index contributed by atoms with van der Waals surface area (Å²) in [5.41, 5.74) is 2.83. The van der Waals surface area contributed by atoms with Gasteiger partial charge in [0.15, 0.2) is 5.16 Å². The van der Waals surface area contributed by atoms with E-state index in [-0.39, 0.29) is 5.97 Å². The van der Waals surface area contributed by atoms with Crippen LogP contribution in [0.1, 0.15) is 30.6 Å². The van der Waals surface area contributed by atoms with Gasteiger partial charge >= 0.3 is 5.97 Å². The lowest BCUT2D eigenvalue weighted by atomic mass is 10.2. The van der Waals surface area contributed by atoms with Gasteiger partial charge in [-0.15, -0.1) is 0 Å². The summed E-state index contributed by atoms with van der Waals surface area (Å²) in [4.78, 5) is 28.1. The second-order valence-electron chi connectivity index (χ2n) is 5.40. The van der Waals surface area contributed by atoms with Gasteiger partial charge in [0.2, 0.25) is 0 Å². The van der Waals surface area contributed by atoms with Crippen LogP contribution in [0.3, 0.4) is 0 Å². The molecule has 3 rings (SSSR count). The molecule has 24 heavy (non-hydrogen) atoms. The number of hydrogen-bond acceptors (Lipinski definition) is 6. The van der Waals surface area contributed by atoms with Crippen LogP contribution >= 0.6 is 11.8 Å². The number of aromatic amines is 1. The Labute approximate surface area is 144 Å². The number of benzene rings is 1. The molecule has 1 atom stereocenters. The number of hydrogen-bond donors (Lipinski definition) is 1.